The first-order chi connectivity index (χ1) is 6.02. The van der Waals surface area contributed by atoms with Crippen LogP contribution in [0.2, 0.25) is 0 Å². The van der Waals surface area contributed by atoms with Gasteiger partial charge in [0.2, 0.25) is 0 Å². The molecule has 1 rings (SSSR count). The lowest BCUT2D eigenvalue weighted by Crippen LogP contribution is -2.10. The van der Waals surface area contributed by atoms with E-state index in [-0.39, 0.29) is 5.56 Å². The van der Waals surface area contributed by atoms with Crippen LogP contribution in [-0.2, 0) is 0 Å². The molecule has 0 aromatic heterocycles. The average Bonchev–Trinajstić information content (AvgIpc) is 2.03. The van der Waals surface area contributed by atoms with Gasteiger partial charge in [0, 0.05) is 6.07 Å². The van der Waals surface area contributed by atoms with Crippen LogP contribution in [0.5, 0.6) is 0 Å². The predicted octanol–water partition coefficient (Wildman–Crippen LogP) is 2.95. The van der Waals surface area contributed by atoms with Crippen molar-refractivity contribution in [3.05, 3.63) is 35.4 Å². The summed E-state index contributed by atoms with van der Waals surface area (Å²) in [6.45, 7) is 0. The van der Waals surface area contributed by atoms with E-state index in [9.17, 15) is 13.6 Å². The number of benzene rings is 1. The Morgan fingerprint density at radius 3 is 2.38 bits per heavy atom. The molecular formula is C8H4Cl2F2O. The molecule has 1 aromatic rings. The molecule has 1 aromatic carbocycles. The zero-order valence-corrected chi connectivity index (χ0v) is 7.74. The van der Waals surface area contributed by atoms with Crippen LogP contribution in [0.3, 0.4) is 0 Å². The van der Waals surface area contributed by atoms with Crippen LogP contribution in [0, 0.1) is 11.6 Å². The van der Waals surface area contributed by atoms with Crippen LogP contribution in [0.1, 0.15) is 10.4 Å². The standard InChI is InChI=1S/C8H4Cl2F2O/c9-8(10)7(13)5-2-1-4(11)3-6(5)12/h1-3,8H. The zero-order chi connectivity index (χ0) is 10.0. The molecule has 0 bridgehead atoms. The molecule has 70 valence electrons. The van der Waals surface area contributed by atoms with Gasteiger partial charge in [0.05, 0.1) is 5.56 Å². The van der Waals surface area contributed by atoms with Crippen molar-refractivity contribution >= 4 is 29.0 Å². The fourth-order valence-corrected chi connectivity index (χ4v) is 1.04. The summed E-state index contributed by atoms with van der Waals surface area (Å²) in [5, 5.41) is 0. The van der Waals surface area contributed by atoms with E-state index in [0.29, 0.717) is 6.07 Å². The van der Waals surface area contributed by atoms with Crippen LogP contribution in [-0.4, -0.2) is 10.6 Å². The van der Waals surface area contributed by atoms with E-state index < -0.39 is 22.3 Å². The summed E-state index contributed by atoms with van der Waals surface area (Å²) in [7, 11) is 0. The van der Waals surface area contributed by atoms with Crippen LogP contribution in [0.15, 0.2) is 18.2 Å². The van der Waals surface area contributed by atoms with Crippen LogP contribution in [0.25, 0.3) is 0 Å². The lowest BCUT2D eigenvalue weighted by molar-refractivity contribution is 0.100. The monoisotopic (exact) mass is 224 g/mol. The minimum Gasteiger partial charge on any atom is -0.291 e. The summed E-state index contributed by atoms with van der Waals surface area (Å²) in [6.07, 6.45) is 0. The highest BCUT2D eigenvalue weighted by atomic mass is 35.5. The number of ketones is 1. The van der Waals surface area contributed by atoms with Gasteiger partial charge in [-0.25, -0.2) is 8.78 Å². The summed E-state index contributed by atoms with van der Waals surface area (Å²) in [4.78, 5) is 9.72. The third-order valence-electron chi connectivity index (χ3n) is 1.39. The van der Waals surface area contributed by atoms with Crippen molar-refractivity contribution < 1.29 is 13.6 Å². The number of halogens is 4. The number of Topliss-reactive ketones (excluding diaryl/α,β-unsaturated/α-hetero) is 1. The van der Waals surface area contributed by atoms with Gasteiger partial charge in [-0.3, -0.25) is 4.79 Å². The Bertz CT molecular complexity index is 339. The Morgan fingerprint density at radius 1 is 1.31 bits per heavy atom. The van der Waals surface area contributed by atoms with Crippen molar-refractivity contribution in [1.29, 1.82) is 0 Å². The number of carbonyl (C=O) groups is 1. The lowest BCUT2D eigenvalue weighted by atomic mass is 10.1. The second-order valence-corrected chi connectivity index (χ2v) is 3.39. The number of alkyl halides is 2. The number of hydrogen-bond donors (Lipinski definition) is 0. The molecule has 0 radical (unpaired) electrons. The first kappa shape index (κ1) is 10.4. The third kappa shape index (κ3) is 2.39. The van der Waals surface area contributed by atoms with Crippen molar-refractivity contribution in [2.24, 2.45) is 0 Å². The van der Waals surface area contributed by atoms with Gasteiger partial charge in [-0.1, -0.05) is 23.2 Å². The largest absolute Gasteiger partial charge is 0.291 e. The zero-order valence-electron chi connectivity index (χ0n) is 6.23. The summed E-state index contributed by atoms with van der Waals surface area (Å²) >= 11 is 10.5. The SMILES string of the molecule is O=C(c1ccc(F)cc1F)C(Cl)Cl. The van der Waals surface area contributed by atoms with Gasteiger partial charge in [0.1, 0.15) is 11.6 Å². The molecule has 0 heterocycles. The Morgan fingerprint density at radius 2 is 1.92 bits per heavy atom. The molecule has 0 fully saturated rings. The van der Waals surface area contributed by atoms with Crippen molar-refractivity contribution in [1.82, 2.24) is 0 Å². The fraction of sp³-hybridized carbons (Fsp3) is 0.125. The maximum Gasteiger partial charge on any atom is 0.198 e. The second kappa shape index (κ2) is 4.03. The Balaban J connectivity index is 3.09. The maximum absolute atomic E-state index is 12.9. The highest BCUT2D eigenvalue weighted by Crippen LogP contribution is 2.16. The van der Waals surface area contributed by atoms with Gasteiger partial charge in [-0.05, 0) is 12.1 Å². The van der Waals surface area contributed by atoms with Crippen molar-refractivity contribution in [3.63, 3.8) is 0 Å². The second-order valence-electron chi connectivity index (χ2n) is 2.29. The van der Waals surface area contributed by atoms with E-state index in [2.05, 4.69) is 0 Å². The van der Waals surface area contributed by atoms with Crippen molar-refractivity contribution in [2.75, 3.05) is 0 Å². The molecule has 0 atom stereocenters. The molecule has 0 unspecified atom stereocenters. The van der Waals surface area contributed by atoms with Crippen molar-refractivity contribution in [3.8, 4) is 0 Å². The minimum absolute atomic E-state index is 0.309. The predicted molar refractivity (Wildman–Crippen MR) is 46.2 cm³/mol. The van der Waals surface area contributed by atoms with E-state index in [4.69, 9.17) is 23.2 Å². The fourth-order valence-electron chi connectivity index (χ4n) is 0.807. The van der Waals surface area contributed by atoms with Gasteiger partial charge in [0.15, 0.2) is 10.6 Å². The maximum atomic E-state index is 12.9. The molecule has 0 aliphatic rings. The van der Waals surface area contributed by atoms with Gasteiger partial charge < -0.3 is 0 Å². The smallest absolute Gasteiger partial charge is 0.198 e. The van der Waals surface area contributed by atoms with Gasteiger partial charge in [-0.2, -0.15) is 0 Å². The van der Waals surface area contributed by atoms with Crippen molar-refractivity contribution in [2.45, 2.75) is 4.84 Å². The molecule has 0 amide bonds. The Labute approximate surface area is 83.3 Å². The van der Waals surface area contributed by atoms with Crippen LogP contribution >= 0.6 is 23.2 Å². The molecule has 13 heavy (non-hydrogen) atoms. The van der Waals surface area contributed by atoms with Gasteiger partial charge in [0.25, 0.3) is 0 Å². The normalized spacial score (nSPS) is 10.5. The van der Waals surface area contributed by atoms with E-state index in [1.807, 2.05) is 0 Å². The molecule has 0 aliphatic carbocycles. The number of carbonyl (C=O) groups excluding carboxylic acids is 1. The summed E-state index contributed by atoms with van der Waals surface area (Å²) < 4.78 is 25.3. The highest BCUT2D eigenvalue weighted by Gasteiger charge is 2.18. The number of hydrogen-bond acceptors (Lipinski definition) is 1. The minimum atomic E-state index is -1.33. The lowest BCUT2D eigenvalue weighted by Gasteiger charge is -2.01. The third-order valence-corrected chi connectivity index (χ3v) is 1.79. The quantitative estimate of drug-likeness (QED) is 0.558. The Kier molecular flexibility index (Phi) is 3.22. The average molecular weight is 225 g/mol. The topological polar surface area (TPSA) is 17.1 Å². The van der Waals surface area contributed by atoms with Gasteiger partial charge >= 0.3 is 0 Å². The summed E-state index contributed by atoms with van der Waals surface area (Å²) in [6, 6.07) is 2.57. The highest BCUT2D eigenvalue weighted by molar-refractivity contribution is 6.55. The first-order valence-corrected chi connectivity index (χ1v) is 4.17. The summed E-state index contributed by atoms with van der Waals surface area (Å²) in [5.74, 6) is -2.49. The molecule has 0 saturated carbocycles. The molecule has 0 N–H and O–H groups in total. The number of rotatable bonds is 2. The molecule has 0 saturated heterocycles. The summed E-state index contributed by atoms with van der Waals surface area (Å²) in [5.41, 5.74) is -0.309. The molecule has 0 spiro atoms. The molecular weight excluding hydrogens is 221 g/mol. The van der Waals surface area contributed by atoms with E-state index in [0.717, 1.165) is 12.1 Å². The van der Waals surface area contributed by atoms with E-state index >= 15 is 0 Å². The first-order valence-electron chi connectivity index (χ1n) is 3.30. The van der Waals surface area contributed by atoms with E-state index in [1.165, 1.54) is 0 Å². The van der Waals surface area contributed by atoms with Gasteiger partial charge in [-0.15, -0.1) is 0 Å². The molecule has 5 heteroatoms. The molecule has 1 nitrogen and oxygen atoms in total. The van der Waals surface area contributed by atoms with Crippen LogP contribution < -0.4 is 0 Å². The van der Waals surface area contributed by atoms with E-state index in [1.54, 1.807) is 0 Å². The van der Waals surface area contributed by atoms with Crippen LogP contribution in [0.4, 0.5) is 8.78 Å². The molecule has 0 aliphatic heterocycles. The Hall–Kier alpha value is -0.670.